The second-order valence-electron chi connectivity index (χ2n) is 6.11. The molecule has 1 aliphatic heterocycles. The zero-order chi connectivity index (χ0) is 17.6. The summed E-state index contributed by atoms with van der Waals surface area (Å²) in [6.07, 6.45) is 0.241. The Morgan fingerprint density at radius 1 is 1.20 bits per heavy atom. The van der Waals surface area contributed by atoms with Gasteiger partial charge in [0.25, 0.3) is 0 Å². The monoisotopic (exact) mass is 359 g/mol. The first-order valence-electron chi connectivity index (χ1n) is 8.36. The maximum Gasteiger partial charge on any atom is 0.319 e. The lowest BCUT2D eigenvalue weighted by molar-refractivity contribution is 0.0532. The molecule has 3 rings (SSSR count). The van der Waals surface area contributed by atoms with E-state index in [9.17, 15) is 4.79 Å². The van der Waals surface area contributed by atoms with Crippen molar-refractivity contribution in [1.82, 2.24) is 5.32 Å². The Morgan fingerprint density at radius 3 is 2.60 bits per heavy atom. The molecule has 0 unspecified atom stereocenters. The summed E-state index contributed by atoms with van der Waals surface area (Å²) in [5.41, 5.74) is 2.90. The largest absolute Gasteiger partial charge is 0.375 e. The molecule has 1 aliphatic rings. The second kappa shape index (κ2) is 8.23. The van der Waals surface area contributed by atoms with Crippen molar-refractivity contribution in [3.05, 3.63) is 59.1 Å². The smallest absolute Gasteiger partial charge is 0.319 e. The van der Waals surface area contributed by atoms with Gasteiger partial charge in [-0.15, -0.1) is 0 Å². The van der Waals surface area contributed by atoms with Crippen LogP contribution in [-0.2, 0) is 11.3 Å². The first-order valence-corrected chi connectivity index (χ1v) is 8.74. The molecule has 2 aromatic rings. The van der Waals surface area contributed by atoms with E-state index in [1.165, 1.54) is 0 Å². The molecule has 0 aromatic heterocycles. The van der Waals surface area contributed by atoms with Gasteiger partial charge in [-0.25, -0.2) is 4.79 Å². The van der Waals surface area contributed by atoms with Crippen molar-refractivity contribution in [3.8, 4) is 0 Å². The Bertz CT molecular complexity index is 704. The summed E-state index contributed by atoms with van der Waals surface area (Å²) in [5.74, 6) is 0. The van der Waals surface area contributed by atoms with Gasteiger partial charge in [0.15, 0.2) is 0 Å². The molecular formula is C19H22ClN3O2. The van der Waals surface area contributed by atoms with Gasteiger partial charge in [-0.3, -0.25) is 0 Å². The Morgan fingerprint density at radius 2 is 1.92 bits per heavy atom. The van der Waals surface area contributed by atoms with Gasteiger partial charge in [0, 0.05) is 36.0 Å². The standard InChI is InChI=1S/C19H22ClN3O2/c1-14-13-23(10-11-25-14)18-8-6-17(7-9-18)22-19(24)21-12-15-2-4-16(20)5-3-15/h2-9,14H,10-13H2,1H3,(H2,21,22,24)/t14-/m1/s1. The van der Waals surface area contributed by atoms with Crippen molar-refractivity contribution < 1.29 is 9.53 Å². The molecule has 1 heterocycles. The minimum absolute atomic E-state index is 0.234. The lowest BCUT2D eigenvalue weighted by Crippen LogP contribution is -2.41. The van der Waals surface area contributed by atoms with Crippen molar-refractivity contribution in [2.75, 3.05) is 29.9 Å². The first-order chi connectivity index (χ1) is 12.1. The van der Waals surface area contributed by atoms with Gasteiger partial charge >= 0.3 is 6.03 Å². The molecule has 0 spiro atoms. The van der Waals surface area contributed by atoms with E-state index >= 15 is 0 Å². The van der Waals surface area contributed by atoms with Gasteiger partial charge in [0.05, 0.1) is 12.7 Å². The van der Waals surface area contributed by atoms with E-state index in [2.05, 4.69) is 22.5 Å². The molecule has 25 heavy (non-hydrogen) atoms. The number of carbonyl (C=O) groups excluding carboxylic acids is 1. The highest BCUT2D eigenvalue weighted by molar-refractivity contribution is 6.30. The van der Waals surface area contributed by atoms with E-state index in [4.69, 9.17) is 16.3 Å². The van der Waals surface area contributed by atoms with Gasteiger partial charge < -0.3 is 20.3 Å². The number of morpholine rings is 1. The van der Waals surface area contributed by atoms with Gasteiger partial charge in [0.2, 0.25) is 0 Å². The van der Waals surface area contributed by atoms with Crippen LogP contribution >= 0.6 is 11.6 Å². The lowest BCUT2D eigenvalue weighted by Gasteiger charge is -2.33. The van der Waals surface area contributed by atoms with Crippen LogP contribution < -0.4 is 15.5 Å². The van der Waals surface area contributed by atoms with Crippen LogP contribution in [0.4, 0.5) is 16.2 Å². The number of urea groups is 1. The van der Waals surface area contributed by atoms with Gasteiger partial charge in [-0.2, -0.15) is 0 Å². The fourth-order valence-corrected chi connectivity index (χ4v) is 2.89. The van der Waals surface area contributed by atoms with Crippen LogP contribution in [0.3, 0.4) is 0 Å². The van der Waals surface area contributed by atoms with Crippen LogP contribution in [0.5, 0.6) is 0 Å². The normalized spacial score (nSPS) is 17.2. The number of ether oxygens (including phenoxy) is 1. The zero-order valence-electron chi connectivity index (χ0n) is 14.2. The molecule has 2 amide bonds. The number of halogens is 1. The fourth-order valence-electron chi connectivity index (χ4n) is 2.77. The highest BCUT2D eigenvalue weighted by Gasteiger charge is 2.16. The van der Waals surface area contributed by atoms with E-state index in [1.807, 2.05) is 48.5 Å². The van der Waals surface area contributed by atoms with Crippen LogP contribution in [0.15, 0.2) is 48.5 Å². The van der Waals surface area contributed by atoms with Crippen LogP contribution in [0.2, 0.25) is 5.02 Å². The topological polar surface area (TPSA) is 53.6 Å². The zero-order valence-corrected chi connectivity index (χ0v) is 14.9. The number of anilines is 2. The van der Waals surface area contributed by atoms with Crippen molar-refractivity contribution in [2.45, 2.75) is 19.6 Å². The average Bonchev–Trinajstić information content (AvgIpc) is 2.62. The Balaban J connectivity index is 1.50. The number of carbonyl (C=O) groups is 1. The average molecular weight is 360 g/mol. The molecule has 2 aromatic carbocycles. The minimum Gasteiger partial charge on any atom is -0.375 e. The fraction of sp³-hybridized carbons (Fsp3) is 0.316. The summed E-state index contributed by atoms with van der Waals surface area (Å²) in [4.78, 5) is 14.3. The number of amides is 2. The molecule has 0 bridgehead atoms. The Kier molecular flexibility index (Phi) is 5.79. The van der Waals surface area contributed by atoms with Gasteiger partial charge in [-0.1, -0.05) is 23.7 Å². The molecule has 6 heteroatoms. The number of nitrogens with zero attached hydrogens (tertiary/aromatic N) is 1. The van der Waals surface area contributed by atoms with E-state index in [-0.39, 0.29) is 12.1 Å². The second-order valence-corrected chi connectivity index (χ2v) is 6.54. The highest BCUT2D eigenvalue weighted by Crippen LogP contribution is 2.20. The van der Waals surface area contributed by atoms with Crippen LogP contribution in [0.25, 0.3) is 0 Å². The first kappa shape index (κ1) is 17.6. The minimum atomic E-state index is -0.234. The van der Waals surface area contributed by atoms with Crippen LogP contribution in [0.1, 0.15) is 12.5 Å². The Labute approximate surface area is 152 Å². The number of nitrogens with one attached hydrogen (secondary N) is 2. The molecular weight excluding hydrogens is 338 g/mol. The van der Waals surface area contributed by atoms with E-state index in [0.717, 1.165) is 36.6 Å². The summed E-state index contributed by atoms with van der Waals surface area (Å²) in [6.45, 7) is 5.04. The summed E-state index contributed by atoms with van der Waals surface area (Å²) in [6, 6.07) is 15.0. The van der Waals surface area contributed by atoms with Crippen LogP contribution in [0, 0.1) is 0 Å². The van der Waals surface area contributed by atoms with E-state index < -0.39 is 0 Å². The van der Waals surface area contributed by atoms with Gasteiger partial charge in [0.1, 0.15) is 0 Å². The molecule has 2 N–H and O–H groups in total. The third-order valence-corrected chi connectivity index (χ3v) is 4.35. The lowest BCUT2D eigenvalue weighted by atomic mass is 10.2. The SMILES string of the molecule is C[C@@H]1CN(c2ccc(NC(=O)NCc3ccc(Cl)cc3)cc2)CCO1. The quantitative estimate of drug-likeness (QED) is 0.870. The summed E-state index contributed by atoms with van der Waals surface area (Å²) in [7, 11) is 0. The predicted octanol–water partition coefficient (Wildman–Crippen LogP) is 3.89. The maximum absolute atomic E-state index is 12.0. The molecule has 0 aliphatic carbocycles. The predicted molar refractivity (Wildman–Crippen MR) is 101 cm³/mol. The number of hydrogen-bond acceptors (Lipinski definition) is 3. The number of hydrogen-bond donors (Lipinski definition) is 2. The summed E-state index contributed by atoms with van der Waals surface area (Å²) in [5, 5.41) is 6.36. The molecule has 0 saturated carbocycles. The van der Waals surface area contributed by atoms with Crippen molar-refractivity contribution >= 4 is 29.0 Å². The molecule has 1 saturated heterocycles. The third-order valence-electron chi connectivity index (χ3n) is 4.10. The van der Waals surface area contributed by atoms with E-state index in [0.29, 0.717) is 11.6 Å². The van der Waals surface area contributed by atoms with Gasteiger partial charge in [-0.05, 0) is 48.9 Å². The molecule has 5 nitrogen and oxygen atoms in total. The Hall–Kier alpha value is -2.24. The number of benzene rings is 2. The van der Waals surface area contributed by atoms with Crippen molar-refractivity contribution in [2.24, 2.45) is 0 Å². The maximum atomic E-state index is 12.0. The third kappa shape index (κ3) is 5.11. The summed E-state index contributed by atoms with van der Waals surface area (Å²) >= 11 is 5.85. The van der Waals surface area contributed by atoms with Crippen LogP contribution in [-0.4, -0.2) is 31.8 Å². The van der Waals surface area contributed by atoms with Crippen molar-refractivity contribution in [1.29, 1.82) is 0 Å². The molecule has 0 radical (unpaired) electrons. The van der Waals surface area contributed by atoms with Crippen molar-refractivity contribution in [3.63, 3.8) is 0 Å². The number of rotatable bonds is 4. The van der Waals surface area contributed by atoms with E-state index in [1.54, 1.807) is 0 Å². The highest BCUT2D eigenvalue weighted by atomic mass is 35.5. The molecule has 1 atom stereocenters. The summed E-state index contributed by atoms with van der Waals surface area (Å²) < 4.78 is 5.56. The molecule has 1 fully saturated rings. The molecule has 132 valence electrons.